The highest BCUT2D eigenvalue weighted by Crippen LogP contribution is 2.43. The van der Waals surface area contributed by atoms with Crippen molar-refractivity contribution in [1.29, 1.82) is 0 Å². The van der Waals surface area contributed by atoms with E-state index in [1.807, 2.05) is 25.2 Å². The van der Waals surface area contributed by atoms with Gasteiger partial charge in [-0.15, -0.1) is 12.4 Å². The molecule has 1 aliphatic heterocycles. The third-order valence-corrected chi connectivity index (χ3v) is 6.08. The second-order valence-electron chi connectivity index (χ2n) is 7.59. The summed E-state index contributed by atoms with van der Waals surface area (Å²) in [5, 5.41) is 4.03. The molecule has 0 unspecified atom stereocenters. The quantitative estimate of drug-likeness (QED) is 0.819. The molecule has 1 saturated heterocycles. The number of piperidine rings is 1. The lowest BCUT2D eigenvalue weighted by molar-refractivity contribution is -0.143. The Bertz CT molecular complexity index is 565. The number of nitrogens with zero attached hydrogens (tertiary/aromatic N) is 1. The van der Waals surface area contributed by atoms with Crippen LogP contribution in [0.25, 0.3) is 0 Å². The Morgan fingerprint density at radius 2 is 1.96 bits per heavy atom. The highest BCUT2D eigenvalue weighted by Gasteiger charge is 2.44. The van der Waals surface area contributed by atoms with E-state index in [-0.39, 0.29) is 17.8 Å². The van der Waals surface area contributed by atoms with Gasteiger partial charge in [-0.2, -0.15) is 0 Å². The molecule has 0 atom stereocenters. The molecule has 3 rings (SSSR count). The molecule has 1 heterocycles. The number of rotatable bonds is 5. The molecular formula is C20H30Cl2N2O. The van der Waals surface area contributed by atoms with Gasteiger partial charge in [0.25, 0.3) is 0 Å². The number of amides is 1. The lowest BCUT2D eigenvalue weighted by Gasteiger charge is -2.38. The lowest BCUT2D eigenvalue weighted by atomic mass is 9.78. The van der Waals surface area contributed by atoms with E-state index in [1.54, 1.807) is 0 Å². The minimum Gasteiger partial charge on any atom is -0.342 e. The number of halogens is 2. The molecule has 5 heteroatoms. The summed E-state index contributed by atoms with van der Waals surface area (Å²) in [7, 11) is 2.01. The Hall–Kier alpha value is -0.770. The number of likely N-dealkylation sites (tertiary alicyclic amines) is 1. The molecule has 1 aromatic rings. The van der Waals surface area contributed by atoms with E-state index < -0.39 is 0 Å². The number of carbonyl (C=O) groups excluding carboxylic acids is 1. The first-order chi connectivity index (χ1) is 11.6. The van der Waals surface area contributed by atoms with Gasteiger partial charge in [-0.25, -0.2) is 0 Å². The van der Waals surface area contributed by atoms with Gasteiger partial charge in [-0.05, 0) is 69.3 Å². The molecule has 0 spiro atoms. The van der Waals surface area contributed by atoms with Crippen LogP contribution in [-0.4, -0.2) is 37.5 Å². The molecule has 1 saturated carbocycles. The van der Waals surface area contributed by atoms with E-state index in [4.69, 9.17) is 11.6 Å². The monoisotopic (exact) mass is 384 g/mol. The Morgan fingerprint density at radius 1 is 1.28 bits per heavy atom. The third-order valence-electron chi connectivity index (χ3n) is 5.84. The maximum Gasteiger partial charge on any atom is 0.229 e. The van der Waals surface area contributed by atoms with Gasteiger partial charge in [-0.1, -0.05) is 36.6 Å². The Labute approximate surface area is 162 Å². The van der Waals surface area contributed by atoms with Crippen molar-refractivity contribution in [3.8, 4) is 0 Å². The van der Waals surface area contributed by atoms with Crippen molar-refractivity contribution < 1.29 is 4.79 Å². The molecule has 1 N–H and O–H groups in total. The Morgan fingerprint density at radius 3 is 2.56 bits per heavy atom. The van der Waals surface area contributed by atoms with Crippen molar-refractivity contribution >= 4 is 29.9 Å². The minimum atomic E-state index is -0.194. The second kappa shape index (κ2) is 9.25. The summed E-state index contributed by atoms with van der Waals surface area (Å²) in [6.45, 7) is 2.90. The van der Waals surface area contributed by atoms with Crippen molar-refractivity contribution in [2.75, 3.05) is 26.7 Å². The fraction of sp³-hybridized carbons (Fsp3) is 0.650. The van der Waals surface area contributed by atoms with Gasteiger partial charge in [-0.3, -0.25) is 4.79 Å². The van der Waals surface area contributed by atoms with Crippen LogP contribution in [0.1, 0.15) is 44.1 Å². The summed E-state index contributed by atoms with van der Waals surface area (Å²) in [5.41, 5.74) is 1.00. The molecule has 2 aliphatic rings. The minimum absolute atomic E-state index is 0. The average molecular weight is 385 g/mol. The van der Waals surface area contributed by atoms with Crippen LogP contribution < -0.4 is 5.32 Å². The summed E-state index contributed by atoms with van der Waals surface area (Å²) in [6.07, 6.45) is 7.47. The molecule has 3 nitrogen and oxygen atoms in total. The Balaban J connectivity index is 0.00000225. The van der Waals surface area contributed by atoms with Crippen molar-refractivity contribution in [1.82, 2.24) is 10.2 Å². The van der Waals surface area contributed by atoms with Crippen LogP contribution in [0.4, 0.5) is 0 Å². The second-order valence-corrected chi connectivity index (χ2v) is 8.02. The van der Waals surface area contributed by atoms with Crippen LogP contribution >= 0.6 is 24.0 Å². The highest BCUT2D eigenvalue weighted by molar-refractivity contribution is 6.30. The summed E-state index contributed by atoms with van der Waals surface area (Å²) in [4.78, 5) is 15.5. The molecule has 0 aromatic heterocycles. The van der Waals surface area contributed by atoms with Crippen LogP contribution in [0.15, 0.2) is 24.3 Å². The fourth-order valence-corrected chi connectivity index (χ4v) is 4.73. The maximum atomic E-state index is 13.4. The predicted octanol–water partition coefficient (Wildman–Crippen LogP) is 4.32. The standard InChI is InChI=1S/C20H29ClN2O.ClH/c1-22-15-16-7-11-23(12-8-16)19(24)20(9-2-3-10-20)14-17-5-4-6-18(21)13-17;/h4-6,13,16,22H,2-3,7-12,14-15H2,1H3;1H. The van der Waals surface area contributed by atoms with Gasteiger partial charge >= 0.3 is 0 Å². The molecule has 1 aromatic carbocycles. The first-order valence-corrected chi connectivity index (χ1v) is 9.69. The highest BCUT2D eigenvalue weighted by atomic mass is 35.5. The van der Waals surface area contributed by atoms with Gasteiger partial charge in [0.2, 0.25) is 5.91 Å². The molecule has 0 radical (unpaired) electrons. The van der Waals surface area contributed by atoms with E-state index >= 15 is 0 Å². The lowest BCUT2D eigenvalue weighted by Crippen LogP contribution is -2.48. The Kier molecular flexibility index (Phi) is 7.60. The largest absolute Gasteiger partial charge is 0.342 e. The van der Waals surface area contributed by atoms with E-state index in [1.165, 1.54) is 18.4 Å². The van der Waals surface area contributed by atoms with Crippen LogP contribution in [0, 0.1) is 11.3 Å². The molecular weight excluding hydrogens is 355 g/mol. The molecule has 1 amide bonds. The molecule has 0 bridgehead atoms. The maximum absolute atomic E-state index is 13.4. The molecule has 1 aliphatic carbocycles. The predicted molar refractivity (Wildman–Crippen MR) is 107 cm³/mol. The summed E-state index contributed by atoms with van der Waals surface area (Å²) in [6, 6.07) is 8.03. The van der Waals surface area contributed by atoms with E-state index in [9.17, 15) is 4.79 Å². The van der Waals surface area contributed by atoms with Gasteiger partial charge < -0.3 is 10.2 Å². The summed E-state index contributed by atoms with van der Waals surface area (Å²) in [5.74, 6) is 1.11. The van der Waals surface area contributed by atoms with Crippen LogP contribution in [0.3, 0.4) is 0 Å². The van der Waals surface area contributed by atoms with Crippen molar-refractivity contribution in [3.05, 3.63) is 34.9 Å². The third kappa shape index (κ3) is 4.90. The zero-order valence-corrected chi connectivity index (χ0v) is 16.7. The van der Waals surface area contributed by atoms with Gasteiger partial charge in [0.15, 0.2) is 0 Å². The summed E-state index contributed by atoms with van der Waals surface area (Å²) < 4.78 is 0. The van der Waals surface area contributed by atoms with Crippen LogP contribution in [0.2, 0.25) is 5.02 Å². The normalized spacial score (nSPS) is 20.3. The number of nitrogens with one attached hydrogen (secondary N) is 1. The van der Waals surface area contributed by atoms with Crippen LogP contribution in [0.5, 0.6) is 0 Å². The van der Waals surface area contributed by atoms with Gasteiger partial charge in [0.05, 0.1) is 5.41 Å². The first-order valence-electron chi connectivity index (χ1n) is 9.31. The zero-order valence-electron chi connectivity index (χ0n) is 15.1. The van der Waals surface area contributed by atoms with E-state index in [0.717, 1.165) is 56.8 Å². The number of carbonyl (C=O) groups is 1. The van der Waals surface area contributed by atoms with Crippen LogP contribution in [-0.2, 0) is 11.2 Å². The molecule has 2 fully saturated rings. The van der Waals surface area contributed by atoms with E-state index in [0.29, 0.717) is 11.8 Å². The van der Waals surface area contributed by atoms with Crippen molar-refractivity contribution in [2.45, 2.75) is 44.9 Å². The first kappa shape index (κ1) is 20.5. The van der Waals surface area contributed by atoms with Gasteiger partial charge in [0.1, 0.15) is 0 Å². The zero-order chi connectivity index (χ0) is 17.0. The number of hydrogen-bond donors (Lipinski definition) is 1. The SMILES string of the molecule is CNCC1CCN(C(=O)C2(Cc3cccc(Cl)c3)CCCC2)CC1.Cl. The number of benzene rings is 1. The molecule has 140 valence electrons. The average Bonchev–Trinajstić information content (AvgIpc) is 3.05. The number of hydrogen-bond acceptors (Lipinski definition) is 2. The van der Waals surface area contributed by atoms with Crippen molar-refractivity contribution in [2.24, 2.45) is 11.3 Å². The topological polar surface area (TPSA) is 32.3 Å². The van der Waals surface area contributed by atoms with Crippen molar-refractivity contribution in [3.63, 3.8) is 0 Å². The van der Waals surface area contributed by atoms with Gasteiger partial charge in [0, 0.05) is 18.1 Å². The summed E-state index contributed by atoms with van der Waals surface area (Å²) >= 11 is 6.15. The van der Waals surface area contributed by atoms with E-state index in [2.05, 4.69) is 16.3 Å². The fourth-order valence-electron chi connectivity index (χ4n) is 4.52. The molecule has 25 heavy (non-hydrogen) atoms. The smallest absolute Gasteiger partial charge is 0.229 e.